The van der Waals surface area contributed by atoms with Gasteiger partial charge < -0.3 is 9.84 Å². The van der Waals surface area contributed by atoms with Gasteiger partial charge in [-0.15, -0.1) is 0 Å². The number of fused-ring (bicyclic) bond motifs is 1. The van der Waals surface area contributed by atoms with Crippen LogP contribution in [-0.2, 0) is 0 Å². The lowest BCUT2D eigenvalue weighted by atomic mass is 9.98. The predicted octanol–water partition coefficient (Wildman–Crippen LogP) is 3.96. The first-order valence-electron chi connectivity index (χ1n) is 6.26. The Labute approximate surface area is 112 Å². The number of carboxylic acid groups (broad SMARTS) is 1. The highest BCUT2D eigenvalue weighted by molar-refractivity contribution is 5.97. The lowest BCUT2D eigenvalue weighted by Gasteiger charge is -2.20. The first-order valence-corrected chi connectivity index (χ1v) is 6.26. The molecule has 2 aromatic carbocycles. The van der Waals surface area contributed by atoms with Gasteiger partial charge in [0.15, 0.2) is 0 Å². The molecule has 0 heterocycles. The molecule has 0 saturated heterocycles. The molecule has 0 bridgehead atoms. The summed E-state index contributed by atoms with van der Waals surface area (Å²) < 4.78 is 5.69. The smallest absolute Gasteiger partial charge is 0.339 e. The second kappa shape index (κ2) is 4.92. The molecule has 0 aromatic heterocycles. The highest BCUT2D eigenvalue weighted by Crippen LogP contribution is 2.27. The molecular formula is C16H18O3. The van der Waals surface area contributed by atoms with Gasteiger partial charge in [-0.05, 0) is 28.3 Å². The van der Waals surface area contributed by atoms with Gasteiger partial charge in [-0.1, -0.05) is 45.0 Å². The fourth-order valence-electron chi connectivity index (χ4n) is 1.80. The Morgan fingerprint density at radius 2 is 1.74 bits per heavy atom. The second-order valence-electron chi connectivity index (χ2n) is 5.85. The van der Waals surface area contributed by atoms with Gasteiger partial charge in [-0.2, -0.15) is 0 Å². The number of carboxylic acids is 1. The van der Waals surface area contributed by atoms with E-state index in [1.54, 1.807) is 12.1 Å². The molecule has 2 aromatic rings. The molecule has 0 spiro atoms. The largest absolute Gasteiger partial charge is 0.492 e. The monoisotopic (exact) mass is 258 g/mol. The normalized spacial score (nSPS) is 11.5. The van der Waals surface area contributed by atoms with E-state index < -0.39 is 5.97 Å². The Morgan fingerprint density at radius 3 is 2.26 bits per heavy atom. The van der Waals surface area contributed by atoms with E-state index in [9.17, 15) is 9.90 Å². The van der Waals surface area contributed by atoms with Crippen LogP contribution in [-0.4, -0.2) is 17.7 Å². The van der Waals surface area contributed by atoms with E-state index in [2.05, 4.69) is 20.8 Å². The Morgan fingerprint density at radius 1 is 1.16 bits per heavy atom. The predicted molar refractivity (Wildman–Crippen MR) is 75.9 cm³/mol. The topological polar surface area (TPSA) is 46.5 Å². The summed E-state index contributed by atoms with van der Waals surface area (Å²) in [4.78, 5) is 11.3. The van der Waals surface area contributed by atoms with E-state index in [1.807, 2.05) is 24.3 Å². The number of benzene rings is 2. The molecular weight excluding hydrogens is 240 g/mol. The van der Waals surface area contributed by atoms with Gasteiger partial charge in [-0.25, -0.2) is 4.79 Å². The number of hydrogen-bond donors (Lipinski definition) is 1. The Balaban J connectivity index is 2.45. The molecule has 2 rings (SSSR count). The standard InChI is InChI=1S/C16H18O3/c1-16(2,3)10-19-14-9-12-7-5-4-6-11(12)8-13(14)15(17)18/h4-9H,10H2,1-3H3,(H,17,18). The third kappa shape index (κ3) is 3.25. The average molecular weight is 258 g/mol. The summed E-state index contributed by atoms with van der Waals surface area (Å²) in [6.07, 6.45) is 0. The average Bonchev–Trinajstić information content (AvgIpc) is 2.34. The summed E-state index contributed by atoms with van der Waals surface area (Å²) >= 11 is 0. The maximum atomic E-state index is 11.3. The molecule has 0 amide bonds. The first kappa shape index (κ1) is 13.4. The molecule has 0 radical (unpaired) electrons. The summed E-state index contributed by atoms with van der Waals surface area (Å²) in [6, 6.07) is 11.1. The molecule has 0 aliphatic rings. The van der Waals surface area contributed by atoms with Crippen molar-refractivity contribution in [3.8, 4) is 5.75 Å². The third-order valence-corrected chi connectivity index (χ3v) is 2.74. The van der Waals surface area contributed by atoms with Crippen molar-refractivity contribution in [2.24, 2.45) is 5.41 Å². The van der Waals surface area contributed by atoms with Crippen molar-refractivity contribution in [2.45, 2.75) is 20.8 Å². The molecule has 3 heteroatoms. The van der Waals surface area contributed by atoms with Crippen molar-refractivity contribution >= 4 is 16.7 Å². The van der Waals surface area contributed by atoms with Crippen molar-refractivity contribution in [1.82, 2.24) is 0 Å². The number of aromatic carboxylic acids is 1. The van der Waals surface area contributed by atoms with Crippen molar-refractivity contribution in [1.29, 1.82) is 0 Å². The molecule has 0 aliphatic heterocycles. The zero-order valence-electron chi connectivity index (χ0n) is 11.4. The van der Waals surface area contributed by atoms with E-state index >= 15 is 0 Å². The number of carbonyl (C=O) groups is 1. The minimum Gasteiger partial charge on any atom is -0.492 e. The number of hydrogen-bond acceptors (Lipinski definition) is 2. The fraction of sp³-hybridized carbons (Fsp3) is 0.312. The SMILES string of the molecule is CC(C)(C)COc1cc2ccccc2cc1C(=O)O. The Bertz CT molecular complexity index is 609. The second-order valence-corrected chi connectivity index (χ2v) is 5.85. The van der Waals surface area contributed by atoms with Crippen LogP contribution in [0.15, 0.2) is 36.4 Å². The Kier molecular flexibility index (Phi) is 3.47. The lowest BCUT2D eigenvalue weighted by molar-refractivity contribution is 0.0690. The molecule has 0 unspecified atom stereocenters. The van der Waals surface area contributed by atoms with E-state index in [-0.39, 0.29) is 11.0 Å². The van der Waals surface area contributed by atoms with E-state index in [0.717, 1.165) is 10.8 Å². The van der Waals surface area contributed by atoms with Crippen molar-refractivity contribution in [2.75, 3.05) is 6.61 Å². The van der Waals surface area contributed by atoms with E-state index in [4.69, 9.17) is 4.74 Å². The summed E-state index contributed by atoms with van der Waals surface area (Å²) in [5.74, 6) is -0.532. The van der Waals surface area contributed by atoms with Crippen molar-refractivity contribution in [3.63, 3.8) is 0 Å². The molecule has 0 aliphatic carbocycles. The maximum absolute atomic E-state index is 11.3. The van der Waals surface area contributed by atoms with Crippen molar-refractivity contribution < 1.29 is 14.6 Å². The molecule has 0 fully saturated rings. The minimum atomic E-state index is -0.963. The molecule has 0 saturated carbocycles. The van der Waals surface area contributed by atoms with Gasteiger partial charge >= 0.3 is 5.97 Å². The summed E-state index contributed by atoms with van der Waals surface area (Å²) in [7, 11) is 0. The van der Waals surface area contributed by atoms with Crippen LogP contribution in [0.25, 0.3) is 10.8 Å². The number of rotatable bonds is 3. The van der Waals surface area contributed by atoms with Crippen LogP contribution in [0.5, 0.6) is 5.75 Å². The van der Waals surface area contributed by atoms with Crippen LogP contribution in [0, 0.1) is 5.41 Å². The van der Waals surface area contributed by atoms with E-state index in [0.29, 0.717) is 12.4 Å². The van der Waals surface area contributed by atoms with Gasteiger partial charge in [-0.3, -0.25) is 0 Å². The van der Waals surface area contributed by atoms with Crippen LogP contribution in [0.1, 0.15) is 31.1 Å². The van der Waals surface area contributed by atoms with Gasteiger partial charge in [0, 0.05) is 0 Å². The molecule has 0 atom stereocenters. The minimum absolute atomic E-state index is 0.0125. The van der Waals surface area contributed by atoms with Crippen LogP contribution in [0.3, 0.4) is 0 Å². The summed E-state index contributed by atoms with van der Waals surface area (Å²) in [6.45, 7) is 6.63. The fourth-order valence-corrected chi connectivity index (χ4v) is 1.80. The molecule has 19 heavy (non-hydrogen) atoms. The third-order valence-electron chi connectivity index (χ3n) is 2.74. The molecule has 1 N–H and O–H groups in total. The summed E-state index contributed by atoms with van der Waals surface area (Å²) in [5, 5.41) is 11.2. The van der Waals surface area contributed by atoms with Crippen LogP contribution < -0.4 is 4.74 Å². The zero-order chi connectivity index (χ0) is 14.0. The van der Waals surface area contributed by atoms with E-state index in [1.165, 1.54) is 0 Å². The van der Waals surface area contributed by atoms with Gasteiger partial charge in [0.2, 0.25) is 0 Å². The van der Waals surface area contributed by atoms with Gasteiger partial charge in [0.25, 0.3) is 0 Å². The number of ether oxygens (including phenoxy) is 1. The van der Waals surface area contributed by atoms with Gasteiger partial charge in [0.05, 0.1) is 6.61 Å². The van der Waals surface area contributed by atoms with Crippen LogP contribution in [0.2, 0.25) is 0 Å². The van der Waals surface area contributed by atoms with Crippen molar-refractivity contribution in [3.05, 3.63) is 42.0 Å². The highest BCUT2D eigenvalue weighted by Gasteiger charge is 2.16. The molecule has 100 valence electrons. The van der Waals surface area contributed by atoms with Gasteiger partial charge in [0.1, 0.15) is 11.3 Å². The first-order chi connectivity index (χ1) is 8.87. The maximum Gasteiger partial charge on any atom is 0.339 e. The molecule has 3 nitrogen and oxygen atoms in total. The quantitative estimate of drug-likeness (QED) is 0.906. The zero-order valence-corrected chi connectivity index (χ0v) is 11.4. The van der Waals surface area contributed by atoms with Crippen LogP contribution >= 0.6 is 0 Å². The lowest BCUT2D eigenvalue weighted by Crippen LogP contribution is -2.18. The van der Waals surface area contributed by atoms with Crippen LogP contribution in [0.4, 0.5) is 0 Å². The Hall–Kier alpha value is -2.03. The highest BCUT2D eigenvalue weighted by atomic mass is 16.5. The summed E-state index contributed by atoms with van der Waals surface area (Å²) in [5.41, 5.74) is 0.199.